The van der Waals surface area contributed by atoms with Gasteiger partial charge in [-0.05, 0) is 31.1 Å². The number of hydrogen-bond acceptors (Lipinski definition) is 2. The van der Waals surface area contributed by atoms with E-state index < -0.39 is 0 Å². The van der Waals surface area contributed by atoms with Crippen molar-refractivity contribution in [3.63, 3.8) is 0 Å². The molecule has 1 unspecified atom stereocenters. The van der Waals surface area contributed by atoms with E-state index in [0.29, 0.717) is 11.8 Å². The van der Waals surface area contributed by atoms with Gasteiger partial charge in [-0.25, -0.2) is 0 Å². The SMILES string of the molecule is C[C@@H]1C[C@H]1C(=O)NC(C#N)C1CC1. The Balaban J connectivity index is 1.82. The van der Waals surface area contributed by atoms with Crippen LogP contribution in [-0.4, -0.2) is 11.9 Å². The quantitative estimate of drug-likeness (QED) is 0.702. The average molecular weight is 178 g/mol. The Labute approximate surface area is 78.1 Å². The molecule has 3 heteroatoms. The van der Waals surface area contributed by atoms with E-state index in [-0.39, 0.29) is 17.9 Å². The molecule has 1 N–H and O–H groups in total. The van der Waals surface area contributed by atoms with Gasteiger partial charge in [-0.1, -0.05) is 6.92 Å². The zero-order valence-electron chi connectivity index (χ0n) is 7.79. The highest BCUT2D eigenvalue weighted by Crippen LogP contribution is 2.38. The molecule has 2 fully saturated rings. The summed E-state index contributed by atoms with van der Waals surface area (Å²) < 4.78 is 0. The molecule has 0 spiro atoms. The summed E-state index contributed by atoms with van der Waals surface area (Å²) in [6.45, 7) is 2.07. The lowest BCUT2D eigenvalue weighted by Crippen LogP contribution is -2.36. The van der Waals surface area contributed by atoms with Gasteiger partial charge in [0.2, 0.25) is 5.91 Å². The first-order chi connectivity index (χ1) is 6.22. The maximum Gasteiger partial charge on any atom is 0.224 e. The van der Waals surface area contributed by atoms with E-state index in [9.17, 15) is 4.79 Å². The number of nitrogens with zero attached hydrogens (tertiary/aromatic N) is 1. The molecule has 0 aromatic carbocycles. The molecule has 0 aliphatic heterocycles. The largest absolute Gasteiger partial charge is 0.340 e. The topological polar surface area (TPSA) is 52.9 Å². The minimum Gasteiger partial charge on any atom is -0.340 e. The molecule has 2 aliphatic carbocycles. The molecule has 70 valence electrons. The smallest absolute Gasteiger partial charge is 0.224 e. The lowest BCUT2D eigenvalue weighted by molar-refractivity contribution is -0.123. The summed E-state index contributed by atoms with van der Waals surface area (Å²) in [5, 5.41) is 11.6. The summed E-state index contributed by atoms with van der Waals surface area (Å²) >= 11 is 0. The van der Waals surface area contributed by atoms with Crippen molar-refractivity contribution < 1.29 is 4.79 Å². The van der Waals surface area contributed by atoms with Crippen LogP contribution in [0.1, 0.15) is 26.2 Å². The third-order valence-electron chi connectivity index (χ3n) is 2.98. The predicted octanol–water partition coefficient (Wildman–Crippen LogP) is 1.06. The molecular weight excluding hydrogens is 164 g/mol. The van der Waals surface area contributed by atoms with Crippen molar-refractivity contribution in [2.75, 3.05) is 0 Å². The van der Waals surface area contributed by atoms with Crippen molar-refractivity contribution in [1.29, 1.82) is 5.26 Å². The number of rotatable bonds is 3. The van der Waals surface area contributed by atoms with Crippen LogP contribution in [0.15, 0.2) is 0 Å². The first kappa shape index (κ1) is 8.55. The fraction of sp³-hybridized carbons (Fsp3) is 0.800. The predicted molar refractivity (Wildman–Crippen MR) is 47.5 cm³/mol. The van der Waals surface area contributed by atoms with Gasteiger partial charge in [-0.15, -0.1) is 0 Å². The van der Waals surface area contributed by atoms with Crippen molar-refractivity contribution in [2.24, 2.45) is 17.8 Å². The van der Waals surface area contributed by atoms with E-state index in [4.69, 9.17) is 5.26 Å². The Morgan fingerprint density at radius 3 is 2.62 bits per heavy atom. The van der Waals surface area contributed by atoms with Crippen molar-refractivity contribution in [3.05, 3.63) is 0 Å². The van der Waals surface area contributed by atoms with Crippen LogP contribution in [0.5, 0.6) is 0 Å². The van der Waals surface area contributed by atoms with Gasteiger partial charge in [0.15, 0.2) is 0 Å². The molecule has 2 saturated carbocycles. The highest BCUT2D eigenvalue weighted by molar-refractivity contribution is 5.82. The van der Waals surface area contributed by atoms with Gasteiger partial charge in [0.05, 0.1) is 6.07 Å². The molecule has 2 aliphatic rings. The fourth-order valence-electron chi connectivity index (χ4n) is 1.63. The molecule has 0 heterocycles. The van der Waals surface area contributed by atoms with Crippen LogP contribution in [0.25, 0.3) is 0 Å². The third-order valence-corrected chi connectivity index (χ3v) is 2.98. The molecule has 0 aromatic heterocycles. The first-order valence-electron chi connectivity index (χ1n) is 4.92. The van der Waals surface area contributed by atoms with E-state index in [1.165, 1.54) is 0 Å². The minimum absolute atomic E-state index is 0.0888. The Bertz CT molecular complexity index is 265. The first-order valence-corrected chi connectivity index (χ1v) is 4.92. The third kappa shape index (κ3) is 1.82. The fourth-order valence-corrected chi connectivity index (χ4v) is 1.63. The number of carbonyl (C=O) groups excluding carboxylic acids is 1. The molecule has 2 rings (SSSR count). The number of nitriles is 1. The molecule has 0 saturated heterocycles. The number of carbonyl (C=O) groups is 1. The lowest BCUT2D eigenvalue weighted by atomic mass is 10.2. The van der Waals surface area contributed by atoms with Crippen molar-refractivity contribution >= 4 is 5.91 Å². The highest BCUT2D eigenvalue weighted by Gasteiger charge is 2.41. The van der Waals surface area contributed by atoms with Crippen LogP contribution in [0, 0.1) is 29.1 Å². The maximum atomic E-state index is 11.5. The maximum absolute atomic E-state index is 11.5. The standard InChI is InChI=1S/C10H14N2O/c1-6-4-8(6)10(13)12-9(5-11)7-2-3-7/h6-9H,2-4H2,1H3,(H,12,13)/t6-,8-,9?/m1/s1. The summed E-state index contributed by atoms with van der Waals surface area (Å²) in [6.07, 6.45) is 3.19. The summed E-state index contributed by atoms with van der Waals surface area (Å²) in [4.78, 5) is 11.5. The number of nitrogens with one attached hydrogen (secondary N) is 1. The summed E-state index contributed by atoms with van der Waals surface area (Å²) in [5.74, 6) is 1.24. The van der Waals surface area contributed by atoms with Crippen molar-refractivity contribution in [3.8, 4) is 6.07 Å². The van der Waals surface area contributed by atoms with Crippen LogP contribution in [0.4, 0.5) is 0 Å². The molecular formula is C10H14N2O. The Hall–Kier alpha value is -1.04. The second kappa shape index (κ2) is 3.02. The normalized spacial score (nSPS) is 33.2. The van der Waals surface area contributed by atoms with E-state index in [2.05, 4.69) is 18.3 Å². The van der Waals surface area contributed by atoms with Crippen molar-refractivity contribution in [1.82, 2.24) is 5.32 Å². The van der Waals surface area contributed by atoms with Gasteiger partial charge in [0, 0.05) is 5.92 Å². The molecule has 13 heavy (non-hydrogen) atoms. The van der Waals surface area contributed by atoms with Gasteiger partial charge >= 0.3 is 0 Å². The lowest BCUT2D eigenvalue weighted by Gasteiger charge is -2.09. The summed E-state index contributed by atoms with van der Waals surface area (Å²) in [7, 11) is 0. The Morgan fingerprint density at radius 2 is 2.23 bits per heavy atom. The van der Waals surface area contributed by atoms with Crippen LogP contribution in [-0.2, 0) is 4.79 Å². The van der Waals surface area contributed by atoms with Gasteiger partial charge in [-0.3, -0.25) is 4.79 Å². The second-order valence-corrected chi connectivity index (χ2v) is 4.27. The van der Waals surface area contributed by atoms with E-state index in [1.807, 2.05) is 0 Å². The second-order valence-electron chi connectivity index (χ2n) is 4.27. The zero-order chi connectivity index (χ0) is 9.42. The average Bonchev–Trinajstić information content (AvgIpc) is 2.93. The van der Waals surface area contributed by atoms with Gasteiger partial charge < -0.3 is 5.32 Å². The van der Waals surface area contributed by atoms with Crippen molar-refractivity contribution in [2.45, 2.75) is 32.2 Å². The Morgan fingerprint density at radius 1 is 1.62 bits per heavy atom. The Kier molecular flexibility index (Phi) is 1.99. The van der Waals surface area contributed by atoms with Gasteiger partial charge in [0.25, 0.3) is 0 Å². The molecule has 0 radical (unpaired) electrons. The molecule has 0 bridgehead atoms. The monoisotopic (exact) mass is 178 g/mol. The summed E-state index contributed by atoms with van der Waals surface area (Å²) in [5.41, 5.74) is 0. The summed E-state index contributed by atoms with van der Waals surface area (Å²) in [6, 6.07) is 1.94. The van der Waals surface area contributed by atoms with E-state index in [0.717, 1.165) is 19.3 Å². The van der Waals surface area contributed by atoms with Gasteiger partial charge in [-0.2, -0.15) is 5.26 Å². The van der Waals surface area contributed by atoms with Crippen LogP contribution in [0.2, 0.25) is 0 Å². The van der Waals surface area contributed by atoms with Crippen LogP contribution in [0.3, 0.4) is 0 Å². The van der Waals surface area contributed by atoms with Gasteiger partial charge in [0.1, 0.15) is 6.04 Å². The molecule has 1 amide bonds. The molecule has 0 aromatic rings. The highest BCUT2D eigenvalue weighted by atomic mass is 16.2. The van der Waals surface area contributed by atoms with E-state index in [1.54, 1.807) is 0 Å². The molecule has 3 nitrogen and oxygen atoms in total. The number of hydrogen-bond donors (Lipinski definition) is 1. The van der Waals surface area contributed by atoms with Crippen LogP contribution >= 0.6 is 0 Å². The van der Waals surface area contributed by atoms with Crippen LogP contribution < -0.4 is 5.32 Å². The molecule has 3 atom stereocenters. The minimum atomic E-state index is -0.222. The van der Waals surface area contributed by atoms with E-state index >= 15 is 0 Å². The zero-order valence-corrected chi connectivity index (χ0v) is 7.79. The number of amides is 1.